The average molecular weight is 347 g/mol. The molecule has 0 aliphatic heterocycles. The summed E-state index contributed by atoms with van der Waals surface area (Å²) in [6, 6.07) is 3.89. The van der Waals surface area contributed by atoms with Gasteiger partial charge in [-0.2, -0.15) is 30.7 Å². The standard InChI is InChI=1S/C12H8F7NO3/c1-23-8(21)6-3-2-4-7(5-6)20-9(22)10(13,14)11(15,16)12(17,18)19/h2-5H,1H3,(H,20,22). The molecule has 0 bridgehead atoms. The summed E-state index contributed by atoms with van der Waals surface area (Å²) < 4.78 is 91.9. The first-order valence-corrected chi connectivity index (χ1v) is 5.66. The van der Waals surface area contributed by atoms with Crippen LogP contribution >= 0.6 is 0 Å². The molecule has 1 aromatic rings. The van der Waals surface area contributed by atoms with E-state index in [1.54, 1.807) is 0 Å². The topological polar surface area (TPSA) is 55.4 Å². The molecule has 0 unspecified atom stereocenters. The highest BCUT2D eigenvalue weighted by atomic mass is 19.4. The fourth-order valence-corrected chi connectivity index (χ4v) is 1.37. The van der Waals surface area contributed by atoms with Crippen molar-refractivity contribution in [2.45, 2.75) is 18.0 Å². The summed E-state index contributed by atoms with van der Waals surface area (Å²) in [6.45, 7) is 0. The third-order valence-electron chi connectivity index (χ3n) is 2.58. The van der Waals surface area contributed by atoms with Gasteiger partial charge in [0.15, 0.2) is 0 Å². The van der Waals surface area contributed by atoms with Crippen LogP contribution in [0.2, 0.25) is 0 Å². The van der Waals surface area contributed by atoms with Crippen LogP contribution in [-0.4, -0.2) is 37.0 Å². The summed E-state index contributed by atoms with van der Waals surface area (Å²) in [7, 11) is 0.992. The fraction of sp³-hybridized carbons (Fsp3) is 0.333. The van der Waals surface area contributed by atoms with Gasteiger partial charge in [-0.1, -0.05) is 6.07 Å². The predicted octanol–water partition coefficient (Wildman–Crippen LogP) is 3.24. The van der Waals surface area contributed by atoms with Crippen molar-refractivity contribution in [1.82, 2.24) is 0 Å². The highest BCUT2D eigenvalue weighted by molar-refractivity contribution is 5.98. The molecular weight excluding hydrogens is 339 g/mol. The molecule has 0 aliphatic carbocycles. The molecule has 0 aromatic heterocycles. The third-order valence-corrected chi connectivity index (χ3v) is 2.58. The number of halogens is 7. The quantitative estimate of drug-likeness (QED) is 0.672. The van der Waals surface area contributed by atoms with Gasteiger partial charge in [-0.25, -0.2) is 4.79 Å². The molecule has 0 saturated carbocycles. The van der Waals surface area contributed by atoms with Crippen molar-refractivity contribution in [2.24, 2.45) is 0 Å². The van der Waals surface area contributed by atoms with Gasteiger partial charge in [-0.3, -0.25) is 4.79 Å². The van der Waals surface area contributed by atoms with E-state index in [0.29, 0.717) is 0 Å². The van der Waals surface area contributed by atoms with Gasteiger partial charge in [0.05, 0.1) is 12.7 Å². The van der Waals surface area contributed by atoms with Gasteiger partial charge in [0, 0.05) is 5.69 Å². The molecule has 0 saturated heterocycles. The van der Waals surface area contributed by atoms with Crippen LogP contribution < -0.4 is 5.32 Å². The number of nitrogens with one attached hydrogen (secondary N) is 1. The van der Waals surface area contributed by atoms with Gasteiger partial charge in [-0.15, -0.1) is 0 Å². The minimum atomic E-state index is -6.62. The van der Waals surface area contributed by atoms with E-state index in [1.807, 2.05) is 0 Å². The van der Waals surface area contributed by atoms with Crippen LogP contribution in [0.1, 0.15) is 10.4 Å². The molecule has 0 heterocycles. The van der Waals surface area contributed by atoms with E-state index in [9.17, 15) is 40.3 Å². The first-order chi connectivity index (χ1) is 10.3. The lowest BCUT2D eigenvalue weighted by molar-refractivity contribution is -0.343. The van der Waals surface area contributed by atoms with Gasteiger partial charge >= 0.3 is 29.9 Å². The van der Waals surface area contributed by atoms with Gasteiger partial charge in [-0.05, 0) is 18.2 Å². The van der Waals surface area contributed by atoms with Crippen molar-refractivity contribution in [3.05, 3.63) is 29.8 Å². The van der Waals surface area contributed by atoms with Gasteiger partial charge in [0.1, 0.15) is 0 Å². The second-order valence-electron chi connectivity index (χ2n) is 4.17. The van der Waals surface area contributed by atoms with Gasteiger partial charge in [0.25, 0.3) is 0 Å². The predicted molar refractivity (Wildman–Crippen MR) is 62.4 cm³/mol. The highest BCUT2D eigenvalue weighted by Gasteiger charge is 2.76. The Morgan fingerprint density at radius 3 is 2.09 bits per heavy atom. The first-order valence-electron chi connectivity index (χ1n) is 5.66. The van der Waals surface area contributed by atoms with Crippen molar-refractivity contribution < 1.29 is 45.1 Å². The summed E-state index contributed by atoms with van der Waals surface area (Å²) in [6.07, 6.45) is -6.62. The van der Waals surface area contributed by atoms with Crippen LogP contribution in [0.3, 0.4) is 0 Å². The van der Waals surface area contributed by atoms with Crippen LogP contribution in [0, 0.1) is 0 Å². The number of rotatable bonds is 4. The minimum Gasteiger partial charge on any atom is -0.465 e. The molecule has 4 nitrogen and oxygen atoms in total. The number of esters is 1. The monoisotopic (exact) mass is 347 g/mol. The van der Waals surface area contributed by atoms with Crippen molar-refractivity contribution in [2.75, 3.05) is 12.4 Å². The van der Waals surface area contributed by atoms with Crippen molar-refractivity contribution in [3.8, 4) is 0 Å². The van der Waals surface area contributed by atoms with Crippen LogP contribution in [0.5, 0.6) is 0 Å². The number of amides is 1. The molecule has 23 heavy (non-hydrogen) atoms. The number of hydrogen-bond acceptors (Lipinski definition) is 3. The zero-order valence-electron chi connectivity index (χ0n) is 11.2. The summed E-state index contributed by atoms with van der Waals surface area (Å²) in [5.74, 6) is -16.4. The molecule has 11 heteroatoms. The van der Waals surface area contributed by atoms with Crippen LogP contribution in [0.15, 0.2) is 24.3 Å². The number of carbonyl (C=O) groups is 2. The number of carbonyl (C=O) groups excluding carboxylic acids is 2. The Morgan fingerprint density at radius 2 is 1.61 bits per heavy atom. The second kappa shape index (κ2) is 6.05. The normalized spacial score (nSPS) is 12.7. The van der Waals surface area contributed by atoms with Gasteiger partial charge < -0.3 is 10.1 Å². The SMILES string of the molecule is COC(=O)c1cccc(NC(=O)C(F)(F)C(F)(F)C(F)(F)F)c1. The maximum Gasteiger partial charge on any atom is 0.460 e. The van der Waals surface area contributed by atoms with E-state index >= 15 is 0 Å². The lowest BCUT2D eigenvalue weighted by atomic mass is 10.1. The van der Waals surface area contributed by atoms with E-state index in [1.165, 1.54) is 5.32 Å². The number of methoxy groups -OCH3 is 1. The maximum absolute atomic E-state index is 13.1. The average Bonchev–Trinajstić information content (AvgIpc) is 2.45. The summed E-state index contributed by atoms with van der Waals surface area (Å²) in [5, 5.41) is 1.20. The number of ether oxygens (including phenoxy) is 1. The summed E-state index contributed by atoms with van der Waals surface area (Å²) in [4.78, 5) is 22.3. The molecule has 1 aromatic carbocycles. The molecule has 0 atom stereocenters. The van der Waals surface area contributed by atoms with Crippen molar-refractivity contribution in [3.63, 3.8) is 0 Å². The smallest absolute Gasteiger partial charge is 0.460 e. The molecular formula is C12H8F7NO3. The number of hydrogen-bond donors (Lipinski definition) is 1. The second-order valence-corrected chi connectivity index (χ2v) is 4.17. The Labute approximate surface area is 124 Å². The maximum atomic E-state index is 13.1. The van der Waals surface area contributed by atoms with Crippen LogP contribution in [0.25, 0.3) is 0 Å². The minimum absolute atomic E-state index is 0.240. The Hall–Kier alpha value is -2.33. The zero-order chi connectivity index (χ0) is 18.1. The molecule has 0 aliphatic rings. The largest absolute Gasteiger partial charge is 0.465 e. The highest BCUT2D eigenvalue weighted by Crippen LogP contribution is 2.46. The van der Waals surface area contributed by atoms with Crippen molar-refractivity contribution in [1.29, 1.82) is 0 Å². The Morgan fingerprint density at radius 1 is 1.04 bits per heavy atom. The van der Waals surface area contributed by atoms with E-state index < -0.39 is 35.6 Å². The third kappa shape index (κ3) is 3.54. The van der Waals surface area contributed by atoms with Crippen LogP contribution in [0.4, 0.5) is 36.4 Å². The summed E-state index contributed by atoms with van der Waals surface area (Å²) >= 11 is 0. The molecule has 0 radical (unpaired) electrons. The lowest BCUT2D eigenvalue weighted by Crippen LogP contribution is -2.57. The zero-order valence-corrected chi connectivity index (χ0v) is 11.2. The lowest BCUT2D eigenvalue weighted by Gasteiger charge is -2.27. The fourth-order valence-electron chi connectivity index (χ4n) is 1.37. The number of anilines is 1. The molecule has 1 rings (SSSR count). The Bertz CT molecular complexity index is 613. The van der Waals surface area contributed by atoms with Crippen LogP contribution in [-0.2, 0) is 9.53 Å². The number of alkyl halides is 7. The van der Waals surface area contributed by atoms with E-state index in [-0.39, 0.29) is 5.56 Å². The Balaban J connectivity index is 3.06. The first kappa shape index (κ1) is 18.7. The number of benzene rings is 1. The molecule has 0 fully saturated rings. The van der Waals surface area contributed by atoms with E-state index in [4.69, 9.17) is 0 Å². The van der Waals surface area contributed by atoms with Crippen molar-refractivity contribution >= 4 is 17.6 Å². The molecule has 1 N–H and O–H groups in total. The molecule has 128 valence electrons. The molecule has 0 spiro atoms. The van der Waals surface area contributed by atoms with E-state index in [0.717, 1.165) is 31.4 Å². The Kier molecular flexibility index (Phi) is 4.92. The summed E-state index contributed by atoms with van der Waals surface area (Å²) in [5.41, 5.74) is -0.827. The molecule has 1 amide bonds. The van der Waals surface area contributed by atoms with Gasteiger partial charge in [0.2, 0.25) is 0 Å². The van der Waals surface area contributed by atoms with E-state index in [2.05, 4.69) is 4.74 Å².